The molecular formula is C24H34O3P2. The van der Waals surface area contributed by atoms with Gasteiger partial charge < -0.3 is 14.2 Å². The minimum atomic E-state index is -2.89. The van der Waals surface area contributed by atoms with Gasteiger partial charge in [-0.2, -0.15) is 0 Å². The van der Waals surface area contributed by atoms with E-state index in [2.05, 4.69) is 0 Å². The van der Waals surface area contributed by atoms with Crippen molar-refractivity contribution in [3.8, 4) is 0 Å². The standard InChI is InChI=1S/C24H34O3P2/c1-18(2)29(27,19(3)4)23-15-20(24(25)16-23)17-28(26,21-11-7-5-8-12-21)22-13-9-6-10-14-22/h5-14,18-20,23-25H,15-17H2,1-4H3/t20-,23+,24+/m0/s1. The van der Waals surface area contributed by atoms with E-state index >= 15 is 0 Å². The number of hydrogen-bond acceptors (Lipinski definition) is 3. The van der Waals surface area contributed by atoms with E-state index in [4.69, 9.17) is 0 Å². The Morgan fingerprint density at radius 1 is 0.828 bits per heavy atom. The number of aliphatic hydroxyl groups excluding tert-OH is 1. The van der Waals surface area contributed by atoms with Crippen molar-refractivity contribution in [3.63, 3.8) is 0 Å². The summed E-state index contributed by atoms with van der Waals surface area (Å²) in [5.74, 6) is -0.0999. The average Bonchev–Trinajstić information content (AvgIpc) is 3.08. The molecule has 29 heavy (non-hydrogen) atoms. The maximum absolute atomic E-state index is 14.4. The molecule has 3 rings (SSSR count). The molecule has 1 aliphatic rings. The fourth-order valence-electron chi connectivity index (χ4n) is 5.07. The van der Waals surface area contributed by atoms with Crippen molar-refractivity contribution < 1.29 is 14.2 Å². The minimum absolute atomic E-state index is 0.0162. The van der Waals surface area contributed by atoms with Crippen molar-refractivity contribution in [1.29, 1.82) is 0 Å². The highest BCUT2D eigenvalue weighted by Gasteiger charge is 2.47. The summed E-state index contributed by atoms with van der Waals surface area (Å²) in [5.41, 5.74) is 0.226. The Morgan fingerprint density at radius 2 is 1.28 bits per heavy atom. The number of rotatable bonds is 7. The van der Waals surface area contributed by atoms with Gasteiger partial charge in [0.15, 0.2) is 0 Å². The van der Waals surface area contributed by atoms with Crippen LogP contribution >= 0.6 is 14.3 Å². The van der Waals surface area contributed by atoms with Gasteiger partial charge in [-0.05, 0) is 18.8 Å². The van der Waals surface area contributed by atoms with Crippen molar-refractivity contribution in [1.82, 2.24) is 0 Å². The van der Waals surface area contributed by atoms with Crippen LogP contribution < -0.4 is 10.6 Å². The van der Waals surface area contributed by atoms with Gasteiger partial charge in [-0.1, -0.05) is 88.4 Å². The molecule has 1 N–H and O–H groups in total. The van der Waals surface area contributed by atoms with Crippen molar-refractivity contribution in [2.75, 3.05) is 6.16 Å². The number of aliphatic hydroxyl groups is 1. The lowest BCUT2D eigenvalue weighted by molar-refractivity contribution is 0.142. The van der Waals surface area contributed by atoms with Crippen molar-refractivity contribution in [2.45, 2.75) is 63.6 Å². The maximum atomic E-state index is 14.4. The van der Waals surface area contributed by atoms with Crippen molar-refractivity contribution in [2.24, 2.45) is 5.92 Å². The normalized spacial score (nSPS) is 23.1. The zero-order chi connectivity index (χ0) is 21.2. The Balaban J connectivity index is 1.94. The van der Waals surface area contributed by atoms with Gasteiger partial charge in [-0.3, -0.25) is 0 Å². The summed E-state index contributed by atoms with van der Waals surface area (Å²) in [6.07, 6.45) is 1.13. The first-order chi connectivity index (χ1) is 13.7. The topological polar surface area (TPSA) is 54.4 Å². The first-order valence-electron chi connectivity index (χ1n) is 10.7. The first-order valence-corrected chi connectivity index (χ1v) is 14.5. The van der Waals surface area contributed by atoms with Crippen LogP contribution in [0.2, 0.25) is 0 Å². The van der Waals surface area contributed by atoms with Gasteiger partial charge in [0.05, 0.1) is 13.2 Å². The Morgan fingerprint density at radius 3 is 1.69 bits per heavy atom. The Kier molecular flexibility index (Phi) is 6.94. The fraction of sp³-hybridized carbons (Fsp3) is 0.500. The number of hydrogen-bond donors (Lipinski definition) is 1. The molecule has 0 aliphatic heterocycles. The lowest BCUT2D eigenvalue weighted by Gasteiger charge is -2.32. The number of benzene rings is 2. The van der Waals surface area contributed by atoms with Crippen LogP contribution in [-0.2, 0) is 9.13 Å². The van der Waals surface area contributed by atoms with Crippen molar-refractivity contribution >= 4 is 24.9 Å². The molecule has 1 aliphatic carbocycles. The summed E-state index contributed by atoms with van der Waals surface area (Å²) in [7, 11) is -5.33. The first kappa shape index (κ1) is 22.5. The smallest absolute Gasteiger partial charge is 0.143 e. The quantitative estimate of drug-likeness (QED) is 0.603. The molecule has 0 saturated heterocycles. The molecule has 0 aromatic heterocycles. The van der Waals surface area contributed by atoms with E-state index in [1.165, 1.54) is 0 Å². The summed E-state index contributed by atoms with van der Waals surface area (Å²) in [6, 6.07) is 19.3. The van der Waals surface area contributed by atoms with E-state index in [9.17, 15) is 14.2 Å². The van der Waals surface area contributed by atoms with Crippen LogP contribution in [0.3, 0.4) is 0 Å². The second-order valence-electron chi connectivity index (χ2n) is 9.00. The largest absolute Gasteiger partial charge is 0.393 e. The second kappa shape index (κ2) is 8.93. The summed E-state index contributed by atoms with van der Waals surface area (Å²) < 4.78 is 28.2. The van der Waals surface area contributed by atoms with Gasteiger partial charge in [-0.15, -0.1) is 0 Å². The lowest BCUT2D eigenvalue weighted by Crippen LogP contribution is -2.26. The molecular weight excluding hydrogens is 398 g/mol. The molecule has 0 spiro atoms. The van der Waals surface area contributed by atoms with E-state index in [-0.39, 0.29) is 22.9 Å². The molecule has 5 heteroatoms. The summed E-state index contributed by atoms with van der Waals surface area (Å²) in [6.45, 7) is 8.16. The van der Waals surface area contributed by atoms with Crippen LogP contribution in [0.4, 0.5) is 0 Å². The second-order valence-corrected chi connectivity index (χ2v) is 16.2. The van der Waals surface area contributed by atoms with E-state index in [1.807, 2.05) is 88.4 Å². The molecule has 0 heterocycles. The molecule has 0 amide bonds. The Hall–Kier alpha value is -1.14. The molecule has 3 atom stereocenters. The summed E-state index contributed by atoms with van der Waals surface area (Å²) in [5, 5.41) is 12.6. The van der Waals surface area contributed by atoms with Crippen LogP contribution in [0.1, 0.15) is 40.5 Å². The predicted molar refractivity (Wildman–Crippen MR) is 125 cm³/mol. The third-order valence-electron chi connectivity index (χ3n) is 6.66. The minimum Gasteiger partial charge on any atom is -0.393 e. The SMILES string of the molecule is CC(C)P(=O)(C(C)C)[C@@H]1C[C@@H](CP(=O)(c2ccccc2)c2ccccc2)[C@H](O)C1. The van der Waals surface area contributed by atoms with Crippen LogP contribution in [0.5, 0.6) is 0 Å². The molecule has 158 valence electrons. The van der Waals surface area contributed by atoms with E-state index in [0.717, 1.165) is 10.6 Å². The van der Waals surface area contributed by atoms with E-state index in [0.29, 0.717) is 19.0 Å². The predicted octanol–water partition coefficient (Wildman–Crippen LogP) is 5.32. The van der Waals surface area contributed by atoms with Gasteiger partial charge in [0.1, 0.15) is 7.14 Å². The summed E-state index contributed by atoms with van der Waals surface area (Å²) in [4.78, 5) is 0. The molecule has 1 saturated carbocycles. The fourth-order valence-corrected chi connectivity index (χ4v) is 12.2. The summed E-state index contributed by atoms with van der Waals surface area (Å²) >= 11 is 0. The molecule has 3 nitrogen and oxygen atoms in total. The Bertz CT molecular complexity index is 837. The molecule has 2 aromatic carbocycles. The molecule has 0 radical (unpaired) electrons. The zero-order valence-electron chi connectivity index (χ0n) is 17.9. The van der Waals surface area contributed by atoms with E-state index in [1.54, 1.807) is 0 Å². The average molecular weight is 432 g/mol. The third-order valence-corrected chi connectivity index (χ3v) is 14.7. The third kappa shape index (κ3) is 4.34. The van der Waals surface area contributed by atoms with Crippen LogP contribution in [-0.4, -0.2) is 34.3 Å². The lowest BCUT2D eigenvalue weighted by atomic mass is 10.1. The highest BCUT2D eigenvalue weighted by atomic mass is 31.2. The van der Waals surface area contributed by atoms with Gasteiger partial charge in [0.2, 0.25) is 0 Å². The van der Waals surface area contributed by atoms with Crippen LogP contribution in [0, 0.1) is 5.92 Å². The van der Waals surface area contributed by atoms with Crippen molar-refractivity contribution in [3.05, 3.63) is 60.7 Å². The van der Waals surface area contributed by atoms with Gasteiger partial charge in [0.25, 0.3) is 0 Å². The molecule has 1 fully saturated rings. The van der Waals surface area contributed by atoms with Crippen LogP contribution in [0.15, 0.2) is 60.7 Å². The van der Waals surface area contributed by atoms with Crippen LogP contribution in [0.25, 0.3) is 0 Å². The maximum Gasteiger partial charge on any atom is 0.143 e. The Labute approximate surface area is 175 Å². The zero-order valence-corrected chi connectivity index (χ0v) is 19.7. The van der Waals surface area contributed by atoms with Gasteiger partial charge in [-0.25, -0.2) is 0 Å². The van der Waals surface area contributed by atoms with Gasteiger partial charge in [0, 0.05) is 33.7 Å². The molecule has 2 aromatic rings. The van der Waals surface area contributed by atoms with Gasteiger partial charge >= 0.3 is 0 Å². The molecule has 0 bridgehead atoms. The monoisotopic (exact) mass is 432 g/mol. The highest BCUT2D eigenvalue weighted by molar-refractivity contribution is 7.78. The van der Waals surface area contributed by atoms with E-state index < -0.39 is 20.4 Å². The highest BCUT2D eigenvalue weighted by Crippen LogP contribution is 2.64. The molecule has 0 unspecified atom stereocenters.